The molecule has 0 saturated carbocycles. The molecule has 0 radical (unpaired) electrons. The van der Waals surface area contributed by atoms with E-state index in [4.69, 9.17) is 19.6 Å². The molecule has 0 aliphatic carbocycles. The average molecular weight is 236 g/mol. The second kappa shape index (κ2) is 9.26. The molecule has 0 heterocycles. The Morgan fingerprint density at radius 1 is 1.27 bits per heavy atom. The van der Waals surface area contributed by atoms with Crippen LogP contribution in [-0.2, 0) is 13.9 Å². The molecule has 92 valence electrons. The number of nitrogens with two attached hydrogens (primary N) is 1. The summed E-state index contributed by atoms with van der Waals surface area (Å²) in [6.45, 7) is 4.37. The summed E-state index contributed by atoms with van der Waals surface area (Å²) in [5.41, 5.74) is 5.35. The maximum absolute atomic E-state index is 5.58. The van der Waals surface area contributed by atoms with Crippen molar-refractivity contribution in [3.05, 3.63) is 0 Å². The van der Waals surface area contributed by atoms with Crippen LogP contribution in [0, 0.1) is 0 Å². The van der Waals surface area contributed by atoms with Gasteiger partial charge >= 0.3 is 0 Å². The molecule has 6 heteroatoms. The van der Waals surface area contributed by atoms with Crippen molar-refractivity contribution < 1.29 is 13.9 Å². The van der Waals surface area contributed by atoms with Crippen LogP contribution in [0.2, 0.25) is 6.04 Å². The quantitative estimate of drug-likeness (QED) is 0.301. The number of methoxy groups -OCH3 is 2. The summed E-state index contributed by atoms with van der Waals surface area (Å²) in [6.07, 6.45) is 1.12. The lowest BCUT2D eigenvalue weighted by atomic mass is 10.5. The van der Waals surface area contributed by atoms with Crippen molar-refractivity contribution in [2.45, 2.75) is 25.4 Å². The molecule has 0 rings (SSSR count). The van der Waals surface area contributed by atoms with Crippen LogP contribution in [0.1, 0.15) is 13.3 Å². The van der Waals surface area contributed by atoms with Gasteiger partial charge in [-0.05, 0) is 19.0 Å². The summed E-state index contributed by atoms with van der Waals surface area (Å²) < 4.78 is 15.8. The molecule has 0 amide bonds. The first-order valence-corrected chi connectivity index (χ1v) is 6.91. The molecule has 15 heavy (non-hydrogen) atoms. The van der Waals surface area contributed by atoms with Crippen LogP contribution in [0.25, 0.3) is 0 Å². The first-order chi connectivity index (χ1) is 7.18. The SMILES string of the molecule is COC(C)(OC)O[SiH2]CCCNCCN. The number of nitrogens with one attached hydrogen (secondary N) is 1. The van der Waals surface area contributed by atoms with Crippen LogP contribution in [0.15, 0.2) is 0 Å². The zero-order valence-electron chi connectivity index (χ0n) is 10.0. The molecule has 0 aromatic carbocycles. The fourth-order valence-electron chi connectivity index (χ4n) is 1.04. The van der Waals surface area contributed by atoms with Gasteiger partial charge in [-0.2, -0.15) is 0 Å². The van der Waals surface area contributed by atoms with Gasteiger partial charge in [0.25, 0.3) is 5.97 Å². The Morgan fingerprint density at radius 3 is 2.47 bits per heavy atom. The van der Waals surface area contributed by atoms with Crippen LogP contribution < -0.4 is 11.1 Å². The van der Waals surface area contributed by atoms with Crippen molar-refractivity contribution >= 4 is 9.76 Å². The highest BCUT2D eigenvalue weighted by molar-refractivity contribution is 6.27. The Morgan fingerprint density at radius 2 is 1.93 bits per heavy atom. The van der Waals surface area contributed by atoms with E-state index in [1.165, 1.54) is 0 Å². The molecular weight excluding hydrogens is 212 g/mol. The predicted molar refractivity (Wildman–Crippen MR) is 63.4 cm³/mol. The van der Waals surface area contributed by atoms with E-state index in [0.29, 0.717) is 6.54 Å². The molecule has 0 aromatic rings. The lowest BCUT2D eigenvalue weighted by Gasteiger charge is -2.26. The van der Waals surface area contributed by atoms with E-state index in [-0.39, 0.29) is 0 Å². The smallest absolute Gasteiger partial charge is 0.269 e. The normalized spacial score (nSPS) is 12.8. The molecule has 0 spiro atoms. The monoisotopic (exact) mass is 236 g/mol. The Balaban J connectivity index is 3.29. The second-order valence-electron chi connectivity index (χ2n) is 3.36. The number of hydrogen-bond donors (Lipinski definition) is 2. The fraction of sp³-hybridized carbons (Fsp3) is 1.00. The third-order valence-corrected chi connectivity index (χ3v) is 3.69. The van der Waals surface area contributed by atoms with Gasteiger partial charge in [-0.15, -0.1) is 0 Å². The van der Waals surface area contributed by atoms with E-state index in [2.05, 4.69) is 5.32 Å². The summed E-state index contributed by atoms with van der Waals surface area (Å²) in [7, 11) is 2.60. The largest absolute Gasteiger partial charge is 0.376 e. The minimum Gasteiger partial charge on any atom is -0.376 e. The zero-order valence-corrected chi connectivity index (χ0v) is 11.5. The molecule has 0 aromatic heterocycles. The van der Waals surface area contributed by atoms with E-state index >= 15 is 0 Å². The van der Waals surface area contributed by atoms with E-state index in [0.717, 1.165) is 25.6 Å². The van der Waals surface area contributed by atoms with Gasteiger partial charge in [-0.25, -0.2) is 0 Å². The lowest BCUT2D eigenvalue weighted by Crippen LogP contribution is -2.34. The van der Waals surface area contributed by atoms with E-state index in [1.807, 2.05) is 0 Å². The van der Waals surface area contributed by atoms with Gasteiger partial charge in [0.15, 0.2) is 9.76 Å². The molecule has 0 aliphatic rings. The fourth-order valence-corrected chi connectivity index (χ4v) is 2.24. The Hall–Kier alpha value is 0.0169. The topological polar surface area (TPSA) is 65.7 Å². The third kappa shape index (κ3) is 7.89. The summed E-state index contributed by atoms with van der Waals surface area (Å²) in [5, 5.41) is 3.24. The number of rotatable bonds is 10. The van der Waals surface area contributed by atoms with Crippen LogP contribution in [0.4, 0.5) is 0 Å². The Kier molecular flexibility index (Phi) is 9.27. The molecule has 0 unspecified atom stereocenters. The molecule has 0 fully saturated rings. The minimum absolute atomic E-state index is 0.570. The summed E-state index contributed by atoms with van der Waals surface area (Å²) in [5.74, 6) is -0.850. The highest BCUT2D eigenvalue weighted by Crippen LogP contribution is 2.11. The molecule has 0 aliphatic heterocycles. The summed E-state index contributed by atoms with van der Waals surface area (Å²) in [6, 6.07) is 1.11. The zero-order chi connectivity index (χ0) is 11.6. The van der Waals surface area contributed by atoms with Crippen LogP contribution in [0.3, 0.4) is 0 Å². The highest BCUT2D eigenvalue weighted by Gasteiger charge is 2.22. The molecule has 0 saturated heterocycles. The van der Waals surface area contributed by atoms with Gasteiger partial charge in [0.05, 0.1) is 0 Å². The molecule has 5 nitrogen and oxygen atoms in total. The van der Waals surface area contributed by atoms with Gasteiger partial charge < -0.3 is 25.0 Å². The first-order valence-electron chi connectivity index (χ1n) is 5.33. The highest BCUT2D eigenvalue weighted by atomic mass is 28.2. The van der Waals surface area contributed by atoms with Crippen molar-refractivity contribution in [3.63, 3.8) is 0 Å². The van der Waals surface area contributed by atoms with E-state index in [1.54, 1.807) is 21.1 Å². The standard InChI is InChI=1S/C9H24N2O3Si/c1-9(12-2,13-3)14-15-8-4-6-11-7-5-10/h11H,4-8,10,15H2,1-3H3. The van der Waals surface area contributed by atoms with Gasteiger partial charge in [0.2, 0.25) is 0 Å². The van der Waals surface area contributed by atoms with Crippen molar-refractivity contribution in [1.29, 1.82) is 0 Å². The molecule has 0 atom stereocenters. The van der Waals surface area contributed by atoms with Crippen molar-refractivity contribution in [1.82, 2.24) is 5.32 Å². The van der Waals surface area contributed by atoms with E-state index in [9.17, 15) is 0 Å². The third-order valence-electron chi connectivity index (χ3n) is 2.17. The van der Waals surface area contributed by atoms with Crippen molar-refractivity contribution in [2.24, 2.45) is 5.73 Å². The minimum atomic E-state index is -0.850. The van der Waals surface area contributed by atoms with Crippen LogP contribution >= 0.6 is 0 Å². The molecular formula is C9H24N2O3Si. The summed E-state index contributed by atoms with van der Waals surface area (Å²) in [4.78, 5) is 0. The van der Waals surface area contributed by atoms with Gasteiger partial charge in [0, 0.05) is 34.2 Å². The van der Waals surface area contributed by atoms with Crippen LogP contribution in [-0.4, -0.2) is 49.6 Å². The van der Waals surface area contributed by atoms with Crippen LogP contribution in [0.5, 0.6) is 0 Å². The van der Waals surface area contributed by atoms with E-state index < -0.39 is 15.7 Å². The van der Waals surface area contributed by atoms with Gasteiger partial charge in [-0.3, -0.25) is 0 Å². The second-order valence-corrected chi connectivity index (χ2v) is 4.77. The molecule has 3 N–H and O–H groups in total. The van der Waals surface area contributed by atoms with Crippen molar-refractivity contribution in [2.75, 3.05) is 33.9 Å². The lowest BCUT2D eigenvalue weighted by molar-refractivity contribution is -0.310. The number of hydrogen-bond acceptors (Lipinski definition) is 5. The first kappa shape index (κ1) is 15.0. The maximum atomic E-state index is 5.58. The summed E-state index contributed by atoms with van der Waals surface area (Å²) >= 11 is 0. The number of ether oxygens (including phenoxy) is 2. The Labute approximate surface area is 94.6 Å². The van der Waals surface area contributed by atoms with Gasteiger partial charge in [-0.1, -0.05) is 0 Å². The maximum Gasteiger partial charge on any atom is 0.269 e. The molecule has 0 bridgehead atoms. The average Bonchev–Trinajstić information content (AvgIpc) is 2.27. The van der Waals surface area contributed by atoms with Gasteiger partial charge in [0.1, 0.15) is 0 Å². The van der Waals surface area contributed by atoms with Crippen molar-refractivity contribution in [3.8, 4) is 0 Å². The predicted octanol–water partition coefficient (Wildman–Crippen LogP) is -0.590. The Bertz CT molecular complexity index is 145.